The Bertz CT molecular complexity index is 1160. The maximum absolute atomic E-state index is 13.6. The molecule has 2 aromatic carbocycles. The summed E-state index contributed by atoms with van der Waals surface area (Å²) in [6.45, 7) is 4.55. The number of carbonyl (C=O) groups is 2. The molecular formula is C27H30ClN3O4S. The monoisotopic (exact) mass is 527 g/mol. The molecule has 0 unspecified atom stereocenters. The lowest BCUT2D eigenvalue weighted by molar-refractivity contribution is -0.939. The number of hydrogen-bond acceptors (Lipinski definition) is 6. The number of hydrogen-bond donors (Lipinski definition) is 2. The standard InChI is InChI=1S/C27H29N3O4S.ClH/c1-19-18-35-26(28-19)29-24(31)17-30-14-12-20(13-15-30)23(16-30)34-25(32)27(33,21-8-4-2-5-9-21)22-10-6-3-7-11-22;/h2-11,18,20,23,33H,12-17H2,1H3;1H/t20?,23-,30?;/m0./s1. The van der Waals surface area contributed by atoms with Gasteiger partial charge in [-0.05, 0) is 18.1 Å². The third-order valence-electron chi connectivity index (χ3n) is 7.32. The molecule has 9 heteroatoms. The van der Waals surface area contributed by atoms with E-state index in [2.05, 4.69) is 10.3 Å². The van der Waals surface area contributed by atoms with E-state index in [1.807, 2.05) is 24.4 Å². The Morgan fingerprint density at radius 3 is 2.19 bits per heavy atom. The van der Waals surface area contributed by atoms with E-state index in [1.54, 1.807) is 48.5 Å². The van der Waals surface area contributed by atoms with Gasteiger partial charge >= 0.3 is 5.97 Å². The first kappa shape index (κ1) is 26.3. The maximum Gasteiger partial charge on any atom is 0.348 e. The van der Waals surface area contributed by atoms with Gasteiger partial charge in [0, 0.05) is 24.1 Å². The molecule has 4 heterocycles. The summed E-state index contributed by atoms with van der Waals surface area (Å²) < 4.78 is 6.66. The number of anilines is 1. The van der Waals surface area contributed by atoms with Gasteiger partial charge in [0.2, 0.25) is 5.60 Å². The van der Waals surface area contributed by atoms with E-state index in [0.29, 0.717) is 33.8 Å². The number of rotatable bonds is 7. The van der Waals surface area contributed by atoms with Crippen LogP contribution in [0.5, 0.6) is 0 Å². The van der Waals surface area contributed by atoms with Gasteiger partial charge in [-0.3, -0.25) is 10.1 Å². The van der Waals surface area contributed by atoms with E-state index in [-0.39, 0.29) is 30.3 Å². The van der Waals surface area contributed by atoms with Crippen LogP contribution in [0.25, 0.3) is 0 Å². The van der Waals surface area contributed by atoms with Crippen LogP contribution in [0.4, 0.5) is 5.13 Å². The fraction of sp³-hybridized carbons (Fsp3) is 0.370. The lowest BCUT2D eigenvalue weighted by atomic mass is 9.82. The Kier molecular flexibility index (Phi) is 7.80. The minimum atomic E-state index is -1.90. The van der Waals surface area contributed by atoms with Gasteiger partial charge in [-0.2, -0.15) is 0 Å². The first-order valence-corrected chi connectivity index (χ1v) is 12.9. The number of fused-ring (bicyclic) bond motifs is 3. The second kappa shape index (κ2) is 10.7. The number of aryl methyl sites for hydroxylation is 1. The molecule has 3 aliphatic heterocycles. The lowest BCUT2D eigenvalue weighted by Gasteiger charge is -2.51. The number of amides is 1. The molecule has 0 aliphatic carbocycles. The SMILES string of the molecule is Cc1csc(NC(=O)C[N+]23CCC(CC2)[C@@H](OC(=O)C(O)(c2ccccc2)c2ccccc2)C3)n1.[Cl-]. The Labute approximate surface area is 221 Å². The number of piperidine rings is 3. The Morgan fingerprint density at radius 2 is 1.67 bits per heavy atom. The quantitative estimate of drug-likeness (QED) is 0.345. The normalized spacial score (nSPS) is 22.9. The van der Waals surface area contributed by atoms with Crippen molar-refractivity contribution in [3.05, 3.63) is 82.9 Å². The molecule has 0 saturated carbocycles. The van der Waals surface area contributed by atoms with Crippen molar-refractivity contribution in [2.75, 3.05) is 31.5 Å². The van der Waals surface area contributed by atoms with E-state index in [9.17, 15) is 14.7 Å². The van der Waals surface area contributed by atoms with Gasteiger partial charge in [0.15, 0.2) is 17.8 Å². The predicted octanol–water partition coefficient (Wildman–Crippen LogP) is 0.482. The first-order valence-electron chi connectivity index (χ1n) is 12.0. The highest BCUT2D eigenvalue weighted by atomic mass is 35.5. The number of halogens is 1. The Hall–Kier alpha value is -2.78. The molecule has 6 rings (SSSR count). The molecule has 7 nitrogen and oxygen atoms in total. The van der Waals surface area contributed by atoms with Gasteiger partial charge in [0.05, 0.1) is 18.8 Å². The summed E-state index contributed by atoms with van der Waals surface area (Å²) >= 11 is 1.42. The minimum absolute atomic E-state index is 0. The molecule has 3 aliphatic rings. The number of benzene rings is 2. The number of aliphatic hydroxyl groups is 1. The van der Waals surface area contributed by atoms with E-state index >= 15 is 0 Å². The van der Waals surface area contributed by atoms with E-state index in [0.717, 1.165) is 31.6 Å². The number of esters is 1. The third kappa shape index (κ3) is 5.18. The van der Waals surface area contributed by atoms with Gasteiger partial charge in [-0.1, -0.05) is 60.7 Å². The highest BCUT2D eigenvalue weighted by Crippen LogP contribution is 2.38. The summed E-state index contributed by atoms with van der Waals surface area (Å²) in [6, 6.07) is 17.8. The van der Waals surface area contributed by atoms with Gasteiger partial charge in [-0.15, -0.1) is 11.3 Å². The van der Waals surface area contributed by atoms with Crippen LogP contribution >= 0.6 is 11.3 Å². The molecule has 2 bridgehead atoms. The number of nitrogens with one attached hydrogen (secondary N) is 1. The summed E-state index contributed by atoms with van der Waals surface area (Å²) in [6.07, 6.45) is 1.42. The molecule has 1 aromatic heterocycles. The number of carbonyl (C=O) groups excluding carboxylic acids is 2. The third-order valence-corrected chi connectivity index (χ3v) is 8.20. The predicted molar refractivity (Wildman–Crippen MR) is 134 cm³/mol. The molecule has 0 spiro atoms. The molecular weight excluding hydrogens is 498 g/mol. The average molecular weight is 528 g/mol. The van der Waals surface area contributed by atoms with Crippen LogP contribution in [0.15, 0.2) is 66.0 Å². The second-order valence-corrected chi connectivity index (χ2v) is 10.6. The summed E-state index contributed by atoms with van der Waals surface area (Å²) in [5.74, 6) is -0.510. The number of aromatic nitrogens is 1. The summed E-state index contributed by atoms with van der Waals surface area (Å²) in [5.41, 5.74) is -0.0779. The second-order valence-electron chi connectivity index (χ2n) is 9.70. The van der Waals surface area contributed by atoms with Crippen molar-refractivity contribution in [2.45, 2.75) is 31.5 Å². The summed E-state index contributed by atoms with van der Waals surface area (Å²) in [4.78, 5) is 30.8. The van der Waals surface area contributed by atoms with Crippen molar-refractivity contribution in [1.29, 1.82) is 0 Å². The zero-order valence-electron chi connectivity index (χ0n) is 20.1. The van der Waals surface area contributed by atoms with Gasteiger partial charge in [0.25, 0.3) is 5.91 Å². The summed E-state index contributed by atoms with van der Waals surface area (Å²) in [5, 5.41) is 17.2. The van der Waals surface area contributed by atoms with Crippen molar-refractivity contribution < 1.29 is 36.3 Å². The van der Waals surface area contributed by atoms with Crippen LogP contribution < -0.4 is 17.7 Å². The fourth-order valence-corrected chi connectivity index (χ4v) is 6.14. The zero-order chi connectivity index (χ0) is 24.5. The molecule has 3 aromatic rings. The zero-order valence-corrected chi connectivity index (χ0v) is 21.7. The number of quaternary nitrogens is 1. The molecule has 1 atom stereocenters. The molecule has 3 fully saturated rings. The van der Waals surface area contributed by atoms with Crippen molar-refractivity contribution in [3.63, 3.8) is 0 Å². The summed E-state index contributed by atoms with van der Waals surface area (Å²) in [7, 11) is 0. The molecule has 0 radical (unpaired) electrons. The fourth-order valence-electron chi connectivity index (χ4n) is 5.44. The van der Waals surface area contributed by atoms with Crippen molar-refractivity contribution in [3.8, 4) is 0 Å². The van der Waals surface area contributed by atoms with E-state index in [1.165, 1.54) is 11.3 Å². The Balaban J connectivity index is 0.00000304. The van der Waals surface area contributed by atoms with Gasteiger partial charge in [-0.25, -0.2) is 9.78 Å². The van der Waals surface area contributed by atoms with Gasteiger partial charge in [0.1, 0.15) is 6.54 Å². The van der Waals surface area contributed by atoms with E-state index in [4.69, 9.17) is 4.74 Å². The Morgan fingerprint density at radius 1 is 1.08 bits per heavy atom. The van der Waals surface area contributed by atoms with Crippen molar-refractivity contribution >= 4 is 28.3 Å². The number of ether oxygens (including phenoxy) is 1. The minimum Gasteiger partial charge on any atom is -1.00 e. The average Bonchev–Trinajstić information content (AvgIpc) is 3.29. The maximum atomic E-state index is 13.6. The first-order chi connectivity index (χ1) is 16.9. The van der Waals surface area contributed by atoms with Crippen LogP contribution in [0.2, 0.25) is 0 Å². The van der Waals surface area contributed by atoms with Crippen molar-refractivity contribution in [1.82, 2.24) is 4.98 Å². The van der Waals surface area contributed by atoms with E-state index < -0.39 is 11.6 Å². The highest BCUT2D eigenvalue weighted by molar-refractivity contribution is 7.13. The largest absolute Gasteiger partial charge is 1.00 e. The molecule has 3 saturated heterocycles. The van der Waals surface area contributed by atoms with Crippen LogP contribution in [0.3, 0.4) is 0 Å². The molecule has 36 heavy (non-hydrogen) atoms. The smallest absolute Gasteiger partial charge is 0.348 e. The van der Waals surface area contributed by atoms with Crippen LogP contribution in [0.1, 0.15) is 29.7 Å². The molecule has 1 amide bonds. The number of thiazole rings is 1. The van der Waals surface area contributed by atoms with Crippen LogP contribution in [-0.2, 0) is 19.9 Å². The lowest BCUT2D eigenvalue weighted by Crippen LogP contribution is -3.00. The van der Waals surface area contributed by atoms with Gasteiger partial charge < -0.3 is 26.7 Å². The highest BCUT2D eigenvalue weighted by Gasteiger charge is 2.51. The van der Waals surface area contributed by atoms with Crippen LogP contribution in [0, 0.1) is 12.8 Å². The topological polar surface area (TPSA) is 88.5 Å². The molecule has 190 valence electrons. The molecule has 2 N–H and O–H groups in total. The van der Waals surface area contributed by atoms with Crippen molar-refractivity contribution in [2.24, 2.45) is 5.92 Å². The number of nitrogens with zero attached hydrogens (tertiary/aromatic N) is 2. The van der Waals surface area contributed by atoms with Crippen LogP contribution in [-0.4, -0.2) is 58.7 Å².